The Morgan fingerprint density at radius 3 is 2.00 bits per heavy atom. The van der Waals surface area contributed by atoms with E-state index in [4.69, 9.17) is 14.2 Å². The van der Waals surface area contributed by atoms with Gasteiger partial charge in [-0.3, -0.25) is 0 Å². The van der Waals surface area contributed by atoms with E-state index in [9.17, 15) is 4.79 Å². The zero-order chi connectivity index (χ0) is 13.1. The molecule has 2 aromatic rings. The first-order valence-corrected chi connectivity index (χ1v) is 5.27. The summed E-state index contributed by atoms with van der Waals surface area (Å²) in [5.41, 5.74) is 0.973. The van der Waals surface area contributed by atoms with Gasteiger partial charge >= 0.3 is 5.69 Å². The van der Waals surface area contributed by atoms with Crippen molar-refractivity contribution >= 4 is 0 Å². The molecule has 0 unspecified atom stereocenters. The van der Waals surface area contributed by atoms with Gasteiger partial charge < -0.3 is 24.2 Å². The number of hydrogen-bond donors (Lipinski definition) is 2. The van der Waals surface area contributed by atoms with Crippen LogP contribution in [0.15, 0.2) is 23.1 Å². The van der Waals surface area contributed by atoms with Crippen molar-refractivity contribution in [2.75, 3.05) is 21.3 Å². The van der Waals surface area contributed by atoms with Gasteiger partial charge in [0.05, 0.1) is 32.6 Å². The fourth-order valence-electron chi connectivity index (χ4n) is 1.74. The van der Waals surface area contributed by atoms with E-state index in [0.717, 1.165) is 0 Å². The fourth-order valence-corrected chi connectivity index (χ4v) is 1.74. The molecule has 0 aliphatic rings. The third kappa shape index (κ3) is 2.04. The lowest BCUT2D eigenvalue weighted by Crippen LogP contribution is -2.01. The molecule has 0 amide bonds. The minimum atomic E-state index is -0.287. The quantitative estimate of drug-likeness (QED) is 0.859. The predicted molar refractivity (Wildman–Crippen MR) is 66.5 cm³/mol. The molecule has 6 heteroatoms. The molecule has 0 aliphatic heterocycles. The average molecular weight is 250 g/mol. The molecule has 1 heterocycles. The zero-order valence-electron chi connectivity index (χ0n) is 10.4. The number of H-pyrrole nitrogens is 2. The molecular weight excluding hydrogens is 236 g/mol. The van der Waals surface area contributed by atoms with Crippen molar-refractivity contribution in [1.29, 1.82) is 0 Å². The SMILES string of the molecule is COc1cc(OC)c(-c2c[nH]c(=O)[nH]2)c(OC)c1. The lowest BCUT2D eigenvalue weighted by Gasteiger charge is -2.13. The van der Waals surface area contributed by atoms with Crippen LogP contribution in [0.5, 0.6) is 17.2 Å². The predicted octanol–water partition coefficient (Wildman–Crippen LogP) is 1.40. The largest absolute Gasteiger partial charge is 0.496 e. The van der Waals surface area contributed by atoms with E-state index < -0.39 is 0 Å². The summed E-state index contributed by atoms with van der Waals surface area (Å²) in [6, 6.07) is 3.45. The van der Waals surface area contributed by atoms with E-state index in [1.54, 1.807) is 39.7 Å². The lowest BCUT2D eigenvalue weighted by molar-refractivity contribution is 0.377. The van der Waals surface area contributed by atoms with Crippen molar-refractivity contribution in [1.82, 2.24) is 9.97 Å². The number of rotatable bonds is 4. The smallest absolute Gasteiger partial charge is 0.323 e. The van der Waals surface area contributed by atoms with Crippen LogP contribution in [0.4, 0.5) is 0 Å². The van der Waals surface area contributed by atoms with E-state index in [0.29, 0.717) is 28.5 Å². The van der Waals surface area contributed by atoms with Crippen molar-refractivity contribution in [3.63, 3.8) is 0 Å². The maximum atomic E-state index is 11.2. The molecule has 0 spiro atoms. The van der Waals surface area contributed by atoms with Gasteiger partial charge in [0.2, 0.25) is 0 Å². The second-order valence-electron chi connectivity index (χ2n) is 3.56. The fraction of sp³-hybridized carbons (Fsp3) is 0.250. The zero-order valence-corrected chi connectivity index (χ0v) is 10.4. The number of methoxy groups -OCH3 is 3. The van der Waals surface area contributed by atoms with Crippen molar-refractivity contribution in [3.8, 4) is 28.5 Å². The Hall–Kier alpha value is -2.37. The third-order valence-electron chi connectivity index (χ3n) is 2.58. The summed E-state index contributed by atoms with van der Waals surface area (Å²) in [7, 11) is 4.65. The minimum Gasteiger partial charge on any atom is -0.496 e. The second-order valence-corrected chi connectivity index (χ2v) is 3.56. The van der Waals surface area contributed by atoms with Crippen LogP contribution < -0.4 is 19.9 Å². The van der Waals surface area contributed by atoms with Crippen molar-refractivity contribution in [2.45, 2.75) is 0 Å². The highest BCUT2D eigenvalue weighted by molar-refractivity contribution is 5.75. The van der Waals surface area contributed by atoms with Crippen LogP contribution in [0.3, 0.4) is 0 Å². The standard InChI is InChI=1S/C12H14N2O4/c1-16-7-4-9(17-2)11(10(5-7)18-3)8-6-13-12(15)14-8/h4-6H,1-3H3,(H2,13,14,15). The first kappa shape index (κ1) is 12.1. The first-order chi connectivity index (χ1) is 8.69. The van der Waals surface area contributed by atoms with Crippen LogP contribution in [-0.4, -0.2) is 31.3 Å². The highest BCUT2D eigenvalue weighted by Gasteiger charge is 2.16. The van der Waals surface area contributed by atoms with Gasteiger partial charge in [-0.2, -0.15) is 0 Å². The molecule has 0 aliphatic carbocycles. The molecule has 0 saturated heterocycles. The number of imidazole rings is 1. The Morgan fingerprint density at radius 1 is 1.00 bits per heavy atom. The van der Waals surface area contributed by atoms with Gasteiger partial charge in [0.1, 0.15) is 17.2 Å². The van der Waals surface area contributed by atoms with Crippen molar-refractivity contribution in [2.24, 2.45) is 0 Å². The maximum Gasteiger partial charge on any atom is 0.323 e. The van der Waals surface area contributed by atoms with E-state index in [2.05, 4.69) is 9.97 Å². The van der Waals surface area contributed by atoms with E-state index >= 15 is 0 Å². The summed E-state index contributed by atoms with van der Waals surface area (Å²) >= 11 is 0. The van der Waals surface area contributed by atoms with Gasteiger partial charge in [0, 0.05) is 18.3 Å². The Labute approximate surface area is 104 Å². The summed E-state index contributed by atoms with van der Waals surface area (Å²) in [5, 5.41) is 0. The topological polar surface area (TPSA) is 76.3 Å². The summed E-state index contributed by atoms with van der Waals surface area (Å²) < 4.78 is 15.8. The molecule has 0 fully saturated rings. The van der Waals surface area contributed by atoms with Gasteiger partial charge in [0.25, 0.3) is 0 Å². The number of nitrogens with one attached hydrogen (secondary N) is 2. The highest BCUT2D eigenvalue weighted by Crippen LogP contribution is 2.40. The molecule has 6 nitrogen and oxygen atoms in total. The van der Waals surface area contributed by atoms with Crippen LogP contribution in [0.2, 0.25) is 0 Å². The first-order valence-electron chi connectivity index (χ1n) is 5.27. The number of hydrogen-bond acceptors (Lipinski definition) is 4. The highest BCUT2D eigenvalue weighted by atomic mass is 16.5. The van der Waals surface area contributed by atoms with Crippen LogP contribution in [0.1, 0.15) is 0 Å². The Balaban J connectivity index is 2.67. The number of benzene rings is 1. The Bertz CT molecular complexity index is 575. The molecule has 18 heavy (non-hydrogen) atoms. The van der Waals surface area contributed by atoms with E-state index in [1.807, 2.05) is 0 Å². The number of aromatic amines is 2. The molecule has 96 valence electrons. The van der Waals surface area contributed by atoms with Crippen LogP contribution in [0, 0.1) is 0 Å². The second kappa shape index (κ2) is 4.87. The van der Waals surface area contributed by atoms with Gasteiger partial charge in [0.15, 0.2) is 0 Å². The molecule has 2 N–H and O–H groups in total. The number of ether oxygens (including phenoxy) is 3. The van der Waals surface area contributed by atoms with Crippen LogP contribution in [-0.2, 0) is 0 Å². The van der Waals surface area contributed by atoms with Gasteiger partial charge in [-0.1, -0.05) is 0 Å². The third-order valence-corrected chi connectivity index (χ3v) is 2.58. The molecule has 0 radical (unpaired) electrons. The minimum absolute atomic E-state index is 0.287. The van der Waals surface area contributed by atoms with Gasteiger partial charge in [-0.15, -0.1) is 0 Å². The van der Waals surface area contributed by atoms with Crippen molar-refractivity contribution < 1.29 is 14.2 Å². The Kier molecular flexibility index (Phi) is 3.27. The molecule has 2 rings (SSSR count). The monoisotopic (exact) mass is 250 g/mol. The summed E-state index contributed by atoms with van der Waals surface area (Å²) in [6.45, 7) is 0. The summed E-state index contributed by atoms with van der Waals surface area (Å²) in [6.07, 6.45) is 1.56. The molecule has 1 aromatic carbocycles. The maximum absolute atomic E-state index is 11.2. The van der Waals surface area contributed by atoms with E-state index in [1.165, 1.54) is 0 Å². The van der Waals surface area contributed by atoms with Gasteiger partial charge in [-0.25, -0.2) is 4.79 Å². The average Bonchev–Trinajstić information content (AvgIpc) is 2.83. The Morgan fingerprint density at radius 2 is 1.61 bits per heavy atom. The van der Waals surface area contributed by atoms with Crippen LogP contribution >= 0.6 is 0 Å². The van der Waals surface area contributed by atoms with Gasteiger partial charge in [-0.05, 0) is 0 Å². The van der Waals surface area contributed by atoms with Crippen LogP contribution in [0.25, 0.3) is 11.3 Å². The van der Waals surface area contributed by atoms with Crippen molar-refractivity contribution in [3.05, 3.63) is 28.8 Å². The molecule has 1 aromatic heterocycles. The summed E-state index contributed by atoms with van der Waals surface area (Å²) in [4.78, 5) is 16.4. The summed E-state index contributed by atoms with van der Waals surface area (Å²) in [5.74, 6) is 1.73. The number of aromatic nitrogens is 2. The molecule has 0 atom stereocenters. The normalized spacial score (nSPS) is 10.2. The van der Waals surface area contributed by atoms with E-state index in [-0.39, 0.29) is 5.69 Å². The molecule has 0 saturated carbocycles. The molecular formula is C12H14N2O4. The lowest BCUT2D eigenvalue weighted by atomic mass is 10.1. The molecule has 0 bridgehead atoms.